The maximum absolute atomic E-state index is 12.9. The van der Waals surface area contributed by atoms with E-state index in [2.05, 4.69) is 43.0 Å². The van der Waals surface area contributed by atoms with Crippen molar-refractivity contribution in [3.05, 3.63) is 35.4 Å². The fourth-order valence-electron chi connectivity index (χ4n) is 5.50. The molecule has 0 unspecified atom stereocenters. The van der Waals surface area contributed by atoms with Gasteiger partial charge in [-0.2, -0.15) is 0 Å². The molecule has 5 heteroatoms. The lowest BCUT2D eigenvalue weighted by molar-refractivity contribution is -0.135. The number of amides is 2. The molecule has 158 valence electrons. The number of likely N-dealkylation sites (tertiary alicyclic amines) is 1. The van der Waals surface area contributed by atoms with E-state index >= 15 is 0 Å². The fraction of sp³-hybridized carbons (Fsp3) is 0.667. The number of morpholine rings is 1. The van der Waals surface area contributed by atoms with Gasteiger partial charge in [0.2, 0.25) is 11.8 Å². The van der Waals surface area contributed by atoms with Crippen LogP contribution in [0.3, 0.4) is 0 Å². The van der Waals surface area contributed by atoms with E-state index in [9.17, 15) is 9.59 Å². The molecule has 2 fully saturated rings. The fourth-order valence-corrected chi connectivity index (χ4v) is 5.50. The summed E-state index contributed by atoms with van der Waals surface area (Å²) in [6.45, 7) is 8.61. The van der Waals surface area contributed by atoms with Crippen molar-refractivity contribution in [1.82, 2.24) is 9.80 Å². The molecular formula is C24H34N2O3. The Balaban J connectivity index is 1.46. The Morgan fingerprint density at radius 2 is 1.69 bits per heavy atom. The minimum atomic E-state index is 0.126. The van der Waals surface area contributed by atoms with Crippen LogP contribution < -0.4 is 0 Å². The van der Waals surface area contributed by atoms with Gasteiger partial charge in [0.15, 0.2) is 0 Å². The molecule has 29 heavy (non-hydrogen) atoms. The summed E-state index contributed by atoms with van der Waals surface area (Å²) >= 11 is 0. The van der Waals surface area contributed by atoms with Gasteiger partial charge in [-0.05, 0) is 47.6 Å². The van der Waals surface area contributed by atoms with E-state index in [1.54, 1.807) is 0 Å². The van der Waals surface area contributed by atoms with Crippen LogP contribution in [0.2, 0.25) is 0 Å². The average Bonchev–Trinajstić information content (AvgIpc) is 3.02. The normalized spacial score (nSPS) is 23.5. The Hall–Kier alpha value is -1.88. The van der Waals surface area contributed by atoms with Gasteiger partial charge < -0.3 is 14.5 Å². The third-order valence-electron chi connectivity index (χ3n) is 7.05. The van der Waals surface area contributed by atoms with Gasteiger partial charge in [0.1, 0.15) is 0 Å². The summed E-state index contributed by atoms with van der Waals surface area (Å²) in [6.07, 6.45) is 4.29. The molecule has 0 radical (unpaired) electrons. The number of hydrogen-bond acceptors (Lipinski definition) is 3. The summed E-state index contributed by atoms with van der Waals surface area (Å²) in [7, 11) is 0. The van der Waals surface area contributed by atoms with Crippen LogP contribution >= 0.6 is 0 Å². The van der Waals surface area contributed by atoms with Gasteiger partial charge in [0.25, 0.3) is 0 Å². The van der Waals surface area contributed by atoms with Gasteiger partial charge >= 0.3 is 0 Å². The Kier molecular flexibility index (Phi) is 5.95. The van der Waals surface area contributed by atoms with Crippen LogP contribution in [0.25, 0.3) is 0 Å². The second kappa shape index (κ2) is 8.47. The zero-order valence-electron chi connectivity index (χ0n) is 17.9. The molecule has 1 atom stereocenters. The number of fused-ring (bicyclic) bond motifs is 2. The first kappa shape index (κ1) is 20.4. The van der Waals surface area contributed by atoms with E-state index < -0.39 is 0 Å². The highest BCUT2D eigenvalue weighted by molar-refractivity contribution is 5.78. The Labute approximate surface area is 174 Å². The van der Waals surface area contributed by atoms with E-state index in [0.717, 1.165) is 32.4 Å². The molecule has 4 rings (SSSR count). The molecule has 1 aliphatic carbocycles. The van der Waals surface area contributed by atoms with Crippen molar-refractivity contribution in [3.8, 4) is 0 Å². The number of hydrogen-bond donors (Lipinski definition) is 0. The first-order valence-corrected chi connectivity index (χ1v) is 11.2. The molecule has 0 N–H and O–H groups in total. The number of benzene rings is 1. The van der Waals surface area contributed by atoms with Crippen molar-refractivity contribution in [2.24, 2.45) is 5.92 Å². The molecule has 0 aromatic heterocycles. The third-order valence-corrected chi connectivity index (χ3v) is 7.05. The molecular weight excluding hydrogens is 364 g/mol. The molecule has 1 aromatic carbocycles. The van der Waals surface area contributed by atoms with Crippen molar-refractivity contribution < 1.29 is 14.3 Å². The van der Waals surface area contributed by atoms with Crippen LogP contribution in [0, 0.1) is 5.92 Å². The Morgan fingerprint density at radius 1 is 1.03 bits per heavy atom. The van der Waals surface area contributed by atoms with Gasteiger partial charge in [0.05, 0.1) is 13.2 Å². The lowest BCUT2D eigenvalue weighted by atomic mass is 9.73. The van der Waals surface area contributed by atoms with Crippen molar-refractivity contribution in [2.75, 3.05) is 39.4 Å². The largest absolute Gasteiger partial charge is 0.378 e. The van der Waals surface area contributed by atoms with Crippen LogP contribution in [0.4, 0.5) is 0 Å². The molecule has 1 spiro atoms. The van der Waals surface area contributed by atoms with Crippen LogP contribution in [0.15, 0.2) is 24.3 Å². The quantitative estimate of drug-likeness (QED) is 0.782. The third kappa shape index (κ3) is 4.20. The molecule has 2 saturated heterocycles. The first-order chi connectivity index (χ1) is 14.0. The van der Waals surface area contributed by atoms with E-state index in [0.29, 0.717) is 56.9 Å². The van der Waals surface area contributed by atoms with Crippen molar-refractivity contribution in [3.63, 3.8) is 0 Å². The van der Waals surface area contributed by atoms with Crippen LogP contribution in [0.5, 0.6) is 0 Å². The van der Waals surface area contributed by atoms with Crippen LogP contribution in [0.1, 0.15) is 63.0 Å². The Bertz CT molecular complexity index is 746. The van der Waals surface area contributed by atoms with Gasteiger partial charge in [0, 0.05) is 39.0 Å². The van der Waals surface area contributed by atoms with E-state index in [1.165, 1.54) is 11.1 Å². The second-order valence-electron chi connectivity index (χ2n) is 9.44. The predicted molar refractivity (Wildman–Crippen MR) is 113 cm³/mol. The molecule has 0 saturated carbocycles. The predicted octanol–water partition coefficient (Wildman–Crippen LogP) is 3.33. The summed E-state index contributed by atoms with van der Waals surface area (Å²) in [5.74, 6) is 1.25. The molecule has 0 bridgehead atoms. The van der Waals surface area contributed by atoms with Crippen molar-refractivity contribution in [1.29, 1.82) is 0 Å². The molecule has 3 aliphatic rings. The standard InChI is InChI=1S/C24H34N2O3/c1-18(2)15-22(27)25-9-7-24(8-10-25)17-19(20-5-3-4-6-21(20)24)16-23(28)26-11-13-29-14-12-26/h3-6,18-19H,7-17H2,1-2H3/t19-/m0/s1. The highest BCUT2D eigenvalue weighted by Crippen LogP contribution is 2.52. The second-order valence-corrected chi connectivity index (χ2v) is 9.44. The van der Waals surface area contributed by atoms with Gasteiger partial charge in [-0.25, -0.2) is 0 Å². The van der Waals surface area contributed by atoms with Gasteiger partial charge in [-0.3, -0.25) is 9.59 Å². The number of piperidine rings is 1. The molecule has 1 aromatic rings. The summed E-state index contributed by atoms with van der Waals surface area (Å²) < 4.78 is 5.39. The summed E-state index contributed by atoms with van der Waals surface area (Å²) in [4.78, 5) is 29.4. The topological polar surface area (TPSA) is 49.9 Å². The summed E-state index contributed by atoms with van der Waals surface area (Å²) in [6, 6.07) is 8.71. The average molecular weight is 399 g/mol. The van der Waals surface area contributed by atoms with Crippen molar-refractivity contribution in [2.45, 2.75) is 57.3 Å². The number of nitrogens with zero attached hydrogens (tertiary/aromatic N) is 2. The monoisotopic (exact) mass is 398 g/mol. The first-order valence-electron chi connectivity index (χ1n) is 11.2. The summed E-state index contributed by atoms with van der Waals surface area (Å²) in [5, 5.41) is 0. The minimum Gasteiger partial charge on any atom is -0.378 e. The molecule has 5 nitrogen and oxygen atoms in total. The highest BCUT2D eigenvalue weighted by Gasteiger charge is 2.46. The van der Waals surface area contributed by atoms with Crippen LogP contribution in [-0.4, -0.2) is 61.0 Å². The van der Waals surface area contributed by atoms with Crippen LogP contribution in [-0.2, 0) is 19.7 Å². The van der Waals surface area contributed by atoms with Crippen molar-refractivity contribution >= 4 is 11.8 Å². The van der Waals surface area contributed by atoms with E-state index in [1.807, 2.05) is 4.90 Å². The maximum Gasteiger partial charge on any atom is 0.223 e. The smallest absolute Gasteiger partial charge is 0.223 e. The molecule has 2 amide bonds. The van der Waals surface area contributed by atoms with E-state index in [4.69, 9.17) is 4.74 Å². The zero-order valence-corrected chi connectivity index (χ0v) is 17.9. The lowest BCUT2D eigenvalue weighted by Gasteiger charge is -2.40. The highest BCUT2D eigenvalue weighted by atomic mass is 16.5. The summed E-state index contributed by atoms with van der Waals surface area (Å²) in [5.41, 5.74) is 2.91. The van der Waals surface area contributed by atoms with Gasteiger partial charge in [-0.1, -0.05) is 38.1 Å². The van der Waals surface area contributed by atoms with Gasteiger partial charge in [-0.15, -0.1) is 0 Å². The number of carbonyl (C=O) groups excluding carboxylic acids is 2. The number of rotatable bonds is 4. The molecule has 2 aliphatic heterocycles. The SMILES string of the molecule is CC(C)CC(=O)N1CCC2(CC1)C[C@H](CC(=O)N1CCOCC1)c1ccccc12. The minimum absolute atomic E-state index is 0.126. The lowest BCUT2D eigenvalue weighted by Crippen LogP contribution is -2.44. The maximum atomic E-state index is 12.9. The van der Waals surface area contributed by atoms with E-state index in [-0.39, 0.29) is 11.3 Å². The Morgan fingerprint density at radius 3 is 2.38 bits per heavy atom. The number of ether oxygens (including phenoxy) is 1. The molecule has 2 heterocycles. The number of carbonyl (C=O) groups is 2. The zero-order chi connectivity index (χ0) is 20.4.